The lowest BCUT2D eigenvalue weighted by Crippen LogP contribution is -2.34. The molecule has 0 saturated carbocycles. The Bertz CT molecular complexity index is 569. The van der Waals surface area contributed by atoms with Crippen molar-refractivity contribution in [2.75, 3.05) is 20.6 Å². The van der Waals surface area contributed by atoms with Crippen LogP contribution in [-0.2, 0) is 0 Å². The summed E-state index contributed by atoms with van der Waals surface area (Å²) in [7, 11) is 4.05. The number of amides is 1. The fourth-order valence-electron chi connectivity index (χ4n) is 1.95. The van der Waals surface area contributed by atoms with Crippen LogP contribution < -0.4 is 5.32 Å². The number of rotatable bonds is 5. The van der Waals surface area contributed by atoms with Gasteiger partial charge in [0.05, 0.1) is 11.6 Å². The van der Waals surface area contributed by atoms with E-state index in [9.17, 15) is 4.79 Å². The van der Waals surface area contributed by atoms with Gasteiger partial charge in [-0.3, -0.25) is 4.79 Å². The van der Waals surface area contributed by atoms with Gasteiger partial charge >= 0.3 is 0 Å². The quantitative estimate of drug-likeness (QED) is 0.892. The average Bonchev–Trinajstić information content (AvgIpc) is 2.92. The van der Waals surface area contributed by atoms with Gasteiger partial charge in [-0.2, -0.15) is 0 Å². The second-order valence-corrected chi connectivity index (χ2v) is 6.52. The summed E-state index contributed by atoms with van der Waals surface area (Å²) >= 11 is 5.11. The van der Waals surface area contributed by atoms with Gasteiger partial charge in [0.15, 0.2) is 0 Å². The molecule has 0 aliphatic rings. The lowest BCUT2D eigenvalue weighted by Gasteiger charge is -2.23. The number of nitrogens with one attached hydrogen (secondary N) is 1. The summed E-state index contributed by atoms with van der Waals surface area (Å²) in [5.41, 5.74) is 0.663. The maximum Gasteiger partial charge on any atom is 0.252 e. The average molecular weight is 353 g/mol. The molecule has 1 aromatic carbocycles. The summed E-state index contributed by atoms with van der Waals surface area (Å²) in [4.78, 5) is 15.6. The van der Waals surface area contributed by atoms with Crippen molar-refractivity contribution in [3.63, 3.8) is 0 Å². The predicted octanol–water partition coefficient (Wildman–Crippen LogP) is 3.54. The van der Waals surface area contributed by atoms with Crippen molar-refractivity contribution in [2.45, 2.75) is 6.04 Å². The first kappa shape index (κ1) is 15.2. The molecule has 0 spiro atoms. The van der Waals surface area contributed by atoms with Crippen molar-refractivity contribution in [2.24, 2.45) is 0 Å². The normalized spacial score (nSPS) is 12.4. The molecule has 3 nitrogen and oxygen atoms in total. The third-order valence-electron chi connectivity index (χ3n) is 3.07. The summed E-state index contributed by atoms with van der Waals surface area (Å²) in [6.45, 7) is 0.591. The number of likely N-dealkylation sites (N-methyl/N-ethyl adjacent to an activating group) is 1. The molecule has 1 heterocycles. The molecule has 20 heavy (non-hydrogen) atoms. The van der Waals surface area contributed by atoms with Crippen LogP contribution in [0.3, 0.4) is 0 Å². The fourth-order valence-corrected chi connectivity index (χ4v) is 3.34. The Hall–Kier alpha value is -1.17. The van der Waals surface area contributed by atoms with E-state index in [1.165, 1.54) is 4.88 Å². The molecule has 1 N–H and O–H groups in total. The Morgan fingerprint density at radius 3 is 2.65 bits per heavy atom. The first-order valence-corrected chi connectivity index (χ1v) is 7.99. The van der Waals surface area contributed by atoms with E-state index in [2.05, 4.69) is 37.6 Å². The van der Waals surface area contributed by atoms with E-state index in [-0.39, 0.29) is 11.9 Å². The zero-order chi connectivity index (χ0) is 14.5. The fraction of sp³-hybridized carbons (Fsp3) is 0.267. The van der Waals surface area contributed by atoms with Gasteiger partial charge in [0.25, 0.3) is 5.91 Å². The number of benzene rings is 1. The van der Waals surface area contributed by atoms with Gasteiger partial charge < -0.3 is 10.2 Å². The van der Waals surface area contributed by atoms with Gasteiger partial charge in [-0.1, -0.05) is 18.2 Å². The van der Waals surface area contributed by atoms with Crippen LogP contribution in [0.2, 0.25) is 0 Å². The van der Waals surface area contributed by atoms with Gasteiger partial charge in [-0.15, -0.1) is 11.3 Å². The van der Waals surface area contributed by atoms with Crippen molar-refractivity contribution >= 4 is 33.2 Å². The lowest BCUT2D eigenvalue weighted by atomic mass is 10.2. The highest BCUT2D eigenvalue weighted by molar-refractivity contribution is 9.10. The Balaban J connectivity index is 2.03. The van der Waals surface area contributed by atoms with Crippen molar-refractivity contribution in [1.29, 1.82) is 0 Å². The van der Waals surface area contributed by atoms with E-state index >= 15 is 0 Å². The second kappa shape index (κ2) is 7.02. The van der Waals surface area contributed by atoms with E-state index in [1.807, 2.05) is 44.4 Å². The molecule has 0 unspecified atom stereocenters. The van der Waals surface area contributed by atoms with Gasteiger partial charge in [0, 0.05) is 15.9 Å². The highest BCUT2D eigenvalue weighted by Crippen LogP contribution is 2.22. The Morgan fingerprint density at radius 2 is 2.05 bits per heavy atom. The third-order valence-corrected chi connectivity index (χ3v) is 4.73. The summed E-state index contributed by atoms with van der Waals surface area (Å²) < 4.78 is 0.815. The SMILES string of the molecule is CN(C)[C@@H](CNC(=O)c1ccccc1Br)c1cccs1. The molecule has 1 amide bonds. The van der Waals surface area contributed by atoms with Crippen molar-refractivity contribution in [3.05, 3.63) is 56.7 Å². The minimum Gasteiger partial charge on any atom is -0.350 e. The van der Waals surface area contributed by atoms with Gasteiger partial charge in [-0.25, -0.2) is 0 Å². The molecule has 2 rings (SSSR count). The van der Waals surface area contributed by atoms with Crippen LogP contribution in [0.4, 0.5) is 0 Å². The number of hydrogen-bond donors (Lipinski definition) is 1. The van der Waals surface area contributed by atoms with E-state index in [0.29, 0.717) is 12.1 Å². The molecule has 0 saturated heterocycles. The molecule has 0 bridgehead atoms. The number of carbonyl (C=O) groups is 1. The topological polar surface area (TPSA) is 32.3 Å². The van der Waals surface area contributed by atoms with Crippen LogP contribution in [-0.4, -0.2) is 31.4 Å². The lowest BCUT2D eigenvalue weighted by molar-refractivity contribution is 0.0941. The zero-order valence-corrected chi connectivity index (χ0v) is 13.9. The summed E-state index contributed by atoms with van der Waals surface area (Å²) in [5.74, 6) is -0.0547. The summed E-state index contributed by atoms with van der Waals surface area (Å²) in [6, 6.07) is 11.8. The molecular formula is C15H17BrN2OS. The maximum atomic E-state index is 12.2. The first-order chi connectivity index (χ1) is 9.59. The minimum absolute atomic E-state index is 0.0547. The summed E-state index contributed by atoms with van der Waals surface area (Å²) in [5, 5.41) is 5.06. The van der Waals surface area contributed by atoms with E-state index in [0.717, 1.165) is 4.47 Å². The molecule has 1 atom stereocenters. The molecule has 1 aromatic heterocycles. The highest BCUT2D eigenvalue weighted by atomic mass is 79.9. The van der Waals surface area contributed by atoms with Gasteiger partial charge in [-0.05, 0) is 53.6 Å². The highest BCUT2D eigenvalue weighted by Gasteiger charge is 2.17. The van der Waals surface area contributed by atoms with E-state index < -0.39 is 0 Å². The monoisotopic (exact) mass is 352 g/mol. The number of halogens is 1. The largest absolute Gasteiger partial charge is 0.350 e. The van der Waals surface area contributed by atoms with Crippen molar-refractivity contribution < 1.29 is 4.79 Å². The Kier molecular flexibility index (Phi) is 5.34. The molecular weight excluding hydrogens is 336 g/mol. The van der Waals surface area contributed by atoms with Crippen LogP contribution in [0.1, 0.15) is 21.3 Å². The smallest absolute Gasteiger partial charge is 0.252 e. The molecule has 0 aliphatic carbocycles. The first-order valence-electron chi connectivity index (χ1n) is 6.32. The van der Waals surface area contributed by atoms with Crippen LogP contribution >= 0.6 is 27.3 Å². The number of nitrogens with zero attached hydrogens (tertiary/aromatic N) is 1. The molecule has 0 aliphatic heterocycles. The van der Waals surface area contributed by atoms with E-state index in [1.54, 1.807) is 11.3 Å². The molecule has 5 heteroatoms. The van der Waals surface area contributed by atoms with Crippen LogP contribution in [0.5, 0.6) is 0 Å². The van der Waals surface area contributed by atoms with Crippen molar-refractivity contribution in [1.82, 2.24) is 10.2 Å². The second-order valence-electron chi connectivity index (χ2n) is 4.68. The molecule has 2 aromatic rings. The van der Waals surface area contributed by atoms with E-state index in [4.69, 9.17) is 0 Å². The van der Waals surface area contributed by atoms with Crippen LogP contribution in [0, 0.1) is 0 Å². The minimum atomic E-state index is -0.0547. The summed E-state index contributed by atoms with van der Waals surface area (Å²) in [6.07, 6.45) is 0. The van der Waals surface area contributed by atoms with Crippen LogP contribution in [0.25, 0.3) is 0 Å². The zero-order valence-electron chi connectivity index (χ0n) is 11.5. The molecule has 0 radical (unpaired) electrons. The third kappa shape index (κ3) is 3.69. The van der Waals surface area contributed by atoms with Crippen LogP contribution in [0.15, 0.2) is 46.3 Å². The number of thiophene rings is 1. The Morgan fingerprint density at radius 1 is 1.30 bits per heavy atom. The Labute approximate surface area is 131 Å². The molecule has 106 valence electrons. The van der Waals surface area contributed by atoms with Gasteiger partial charge in [0.2, 0.25) is 0 Å². The number of hydrogen-bond acceptors (Lipinski definition) is 3. The van der Waals surface area contributed by atoms with Gasteiger partial charge in [0.1, 0.15) is 0 Å². The predicted molar refractivity (Wildman–Crippen MR) is 87.2 cm³/mol. The standard InChI is InChI=1S/C15H17BrN2OS/c1-18(2)13(14-8-5-9-20-14)10-17-15(19)11-6-3-4-7-12(11)16/h3-9,13H,10H2,1-2H3,(H,17,19)/t13-/m0/s1. The number of carbonyl (C=O) groups excluding carboxylic acids is 1. The molecule has 0 fully saturated rings. The maximum absolute atomic E-state index is 12.2. The van der Waals surface area contributed by atoms with Crippen molar-refractivity contribution in [3.8, 4) is 0 Å².